The number of amides is 1. The fraction of sp³-hybridized carbons (Fsp3) is 0.632. The number of carbonyl (C=O) groups is 1. The molecule has 0 spiro atoms. The number of rotatable bonds is 10. The van der Waals surface area contributed by atoms with Crippen LogP contribution in [0.5, 0.6) is 0 Å². The lowest BCUT2D eigenvalue weighted by atomic mass is 9.99. The molecule has 0 bridgehead atoms. The normalized spacial score (nSPS) is 12.7. The summed E-state index contributed by atoms with van der Waals surface area (Å²) in [5.74, 6) is 0.177. The third-order valence-electron chi connectivity index (χ3n) is 4.60. The molecule has 1 rings (SSSR count). The standard InChI is InChI=1S/C19H32N2O3S/c1-6-8-9-17(7-2)13-20-19(22)14-21(25(5,23)24)18-11-10-15(3)16(4)12-18/h10-12,17H,6-9,13-14H2,1-5H3,(H,20,22)/t17-/m0/s1. The zero-order valence-corrected chi connectivity index (χ0v) is 16.9. The Morgan fingerprint density at radius 2 is 1.88 bits per heavy atom. The maximum atomic E-state index is 12.3. The molecule has 1 N–H and O–H groups in total. The molecule has 0 saturated heterocycles. The third kappa shape index (κ3) is 7.06. The van der Waals surface area contributed by atoms with E-state index in [1.54, 1.807) is 12.1 Å². The van der Waals surface area contributed by atoms with Crippen molar-refractivity contribution < 1.29 is 13.2 Å². The summed E-state index contributed by atoms with van der Waals surface area (Å²) in [6.07, 6.45) is 5.50. The highest BCUT2D eigenvalue weighted by molar-refractivity contribution is 7.92. The largest absolute Gasteiger partial charge is 0.354 e. The van der Waals surface area contributed by atoms with E-state index < -0.39 is 10.0 Å². The molecule has 1 aromatic rings. The molecule has 0 saturated carbocycles. The molecule has 1 atom stereocenters. The van der Waals surface area contributed by atoms with Crippen molar-refractivity contribution in [3.05, 3.63) is 29.3 Å². The number of hydrogen-bond donors (Lipinski definition) is 1. The maximum Gasteiger partial charge on any atom is 0.240 e. The van der Waals surface area contributed by atoms with E-state index in [2.05, 4.69) is 19.2 Å². The fourth-order valence-corrected chi connectivity index (χ4v) is 3.52. The van der Waals surface area contributed by atoms with Crippen molar-refractivity contribution in [2.75, 3.05) is 23.7 Å². The summed E-state index contributed by atoms with van der Waals surface area (Å²) in [6.45, 7) is 8.57. The van der Waals surface area contributed by atoms with Crippen molar-refractivity contribution in [1.82, 2.24) is 5.32 Å². The van der Waals surface area contributed by atoms with Gasteiger partial charge >= 0.3 is 0 Å². The van der Waals surface area contributed by atoms with E-state index in [1.165, 1.54) is 4.31 Å². The number of sulfonamides is 1. The van der Waals surface area contributed by atoms with E-state index in [4.69, 9.17) is 0 Å². The molecule has 0 aliphatic carbocycles. The van der Waals surface area contributed by atoms with Gasteiger partial charge in [0, 0.05) is 6.54 Å². The van der Waals surface area contributed by atoms with Crippen LogP contribution in [-0.2, 0) is 14.8 Å². The Kier molecular flexibility index (Phi) is 8.42. The van der Waals surface area contributed by atoms with E-state index in [-0.39, 0.29) is 12.5 Å². The first-order valence-electron chi connectivity index (χ1n) is 9.00. The van der Waals surface area contributed by atoms with Gasteiger partial charge in [-0.15, -0.1) is 0 Å². The van der Waals surface area contributed by atoms with Gasteiger partial charge in [0.1, 0.15) is 6.54 Å². The SMILES string of the molecule is CCCC[C@H](CC)CNC(=O)CN(c1ccc(C)c(C)c1)S(C)(=O)=O. The summed E-state index contributed by atoms with van der Waals surface area (Å²) < 4.78 is 25.5. The molecule has 5 nitrogen and oxygen atoms in total. The summed E-state index contributed by atoms with van der Waals surface area (Å²) in [6, 6.07) is 5.42. The number of anilines is 1. The minimum Gasteiger partial charge on any atom is -0.354 e. The second-order valence-corrected chi connectivity index (χ2v) is 8.67. The molecule has 0 heterocycles. The molecular weight excluding hydrogens is 336 g/mol. The molecule has 0 aliphatic heterocycles. The van der Waals surface area contributed by atoms with Crippen LogP contribution >= 0.6 is 0 Å². The quantitative estimate of drug-likeness (QED) is 0.688. The van der Waals surface area contributed by atoms with Gasteiger partial charge in [0.15, 0.2) is 0 Å². The molecule has 0 fully saturated rings. The number of nitrogens with one attached hydrogen (secondary N) is 1. The zero-order chi connectivity index (χ0) is 19.0. The summed E-state index contributed by atoms with van der Waals surface area (Å²) in [4.78, 5) is 12.3. The highest BCUT2D eigenvalue weighted by Crippen LogP contribution is 2.21. The van der Waals surface area contributed by atoms with Crippen molar-refractivity contribution in [2.24, 2.45) is 5.92 Å². The second kappa shape index (κ2) is 9.80. The van der Waals surface area contributed by atoms with Crippen molar-refractivity contribution in [3.63, 3.8) is 0 Å². The van der Waals surface area contributed by atoms with Crippen LogP contribution in [-0.4, -0.2) is 33.7 Å². The van der Waals surface area contributed by atoms with Crippen LogP contribution < -0.4 is 9.62 Å². The molecule has 25 heavy (non-hydrogen) atoms. The maximum absolute atomic E-state index is 12.3. The van der Waals surface area contributed by atoms with Crippen molar-refractivity contribution in [3.8, 4) is 0 Å². The number of benzene rings is 1. The number of carbonyl (C=O) groups excluding carboxylic acids is 1. The van der Waals surface area contributed by atoms with Gasteiger partial charge < -0.3 is 5.32 Å². The topological polar surface area (TPSA) is 66.5 Å². The van der Waals surface area contributed by atoms with Gasteiger partial charge in [-0.1, -0.05) is 39.2 Å². The van der Waals surface area contributed by atoms with E-state index >= 15 is 0 Å². The number of hydrogen-bond acceptors (Lipinski definition) is 3. The first kappa shape index (κ1) is 21.5. The van der Waals surface area contributed by atoms with Crippen molar-refractivity contribution >= 4 is 21.6 Å². The van der Waals surface area contributed by atoms with Crippen LogP contribution in [0.25, 0.3) is 0 Å². The van der Waals surface area contributed by atoms with Gasteiger partial charge in [0.2, 0.25) is 15.9 Å². The summed E-state index contributed by atoms with van der Waals surface area (Å²) in [5, 5.41) is 2.90. The molecule has 1 aromatic carbocycles. The minimum absolute atomic E-state index is 0.189. The smallest absolute Gasteiger partial charge is 0.240 e. The third-order valence-corrected chi connectivity index (χ3v) is 5.74. The van der Waals surface area contributed by atoms with E-state index in [0.29, 0.717) is 18.2 Å². The summed E-state index contributed by atoms with van der Waals surface area (Å²) in [5.41, 5.74) is 2.61. The van der Waals surface area contributed by atoms with Gasteiger partial charge in [-0.2, -0.15) is 0 Å². The average molecular weight is 369 g/mol. The molecule has 142 valence electrons. The molecule has 1 amide bonds. The zero-order valence-electron chi connectivity index (χ0n) is 16.1. The van der Waals surface area contributed by atoms with Gasteiger partial charge in [-0.05, 0) is 49.4 Å². The Hall–Kier alpha value is -1.56. The Morgan fingerprint density at radius 3 is 2.40 bits per heavy atom. The number of aryl methyl sites for hydroxylation is 2. The van der Waals surface area contributed by atoms with Crippen LogP contribution in [0, 0.1) is 19.8 Å². The molecule has 0 aliphatic rings. The van der Waals surface area contributed by atoms with Crippen LogP contribution in [0.1, 0.15) is 50.7 Å². The van der Waals surface area contributed by atoms with Crippen molar-refractivity contribution in [2.45, 2.75) is 53.4 Å². The van der Waals surface area contributed by atoms with Gasteiger partial charge in [-0.25, -0.2) is 8.42 Å². The highest BCUT2D eigenvalue weighted by atomic mass is 32.2. The average Bonchev–Trinajstić information content (AvgIpc) is 2.54. The van der Waals surface area contributed by atoms with Gasteiger partial charge in [0.05, 0.1) is 11.9 Å². The van der Waals surface area contributed by atoms with Crippen LogP contribution in [0.2, 0.25) is 0 Å². The Morgan fingerprint density at radius 1 is 1.20 bits per heavy atom. The molecule has 0 unspecified atom stereocenters. The Bertz CT molecular complexity index is 671. The summed E-state index contributed by atoms with van der Waals surface area (Å²) >= 11 is 0. The van der Waals surface area contributed by atoms with Crippen LogP contribution in [0.15, 0.2) is 18.2 Å². The lowest BCUT2D eigenvalue weighted by molar-refractivity contribution is -0.119. The predicted molar refractivity (Wildman–Crippen MR) is 104 cm³/mol. The van der Waals surface area contributed by atoms with Gasteiger partial charge in [0.25, 0.3) is 0 Å². The lowest BCUT2D eigenvalue weighted by Crippen LogP contribution is -2.41. The molecule has 0 aromatic heterocycles. The second-order valence-electron chi connectivity index (χ2n) is 6.76. The first-order chi connectivity index (χ1) is 11.7. The number of nitrogens with zero attached hydrogens (tertiary/aromatic N) is 1. The number of unbranched alkanes of at least 4 members (excludes halogenated alkanes) is 1. The van der Waals surface area contributed by atoms with Crippen LogP contribution in [0.4, 0.5) is 5.69 Å². The summed E-state index contributed by atoms with van der Waals surface area (Å²) in [7, 11) is -3.53. The molecular formula is C19H32N2O3S. The predicted octanol–water partition coefficient (Wildman–Crippen LogP) is 3.40. The van der Waals surface area contributed by atoms with E-state index in [0.717, 1.165) is 43.1 Å². The Balaban J connectivity index is 2.79. The molecule has 6 heteroatoms. The minimum atomic E-state index is -3.53. The van der Waals surface area contributed by atoms with E-state index in [1.807, 2.05) is 19.9 Å². The fourth-order valence-electron chi connectivity index (χ4n) is 2.67. The Labute approximate surface area is 152 Å². The first-order valence-corrected chi connectivity index (χ1v) is 10.9. The molecule has 0 radical (unpaired) electrons. The van der Waals surface area contributed by atoms with E-state index in [9.17, 15) is 13.2 Å². The highest BCUT2D eigenvalue weighted by Gasteiger charge is 2.21. The van der Waals surface area contributed by atoms with Crippen LogP contribution in [0.3, 0.4) is 0 Å². The van der Waals surface area contributed by atoms with Crippen molar-refractivity contribution in [1.29, 1.82) is 0 Å². The lowest BCUT2D eigenvalue weighted by Gasteiger charge is -2.23. The van der Waals surface area contributed by atoms with Gasteiger partial charge in [-0.3, -0.25) is 9.10 Å². The monoisotopic (exact) mass is 368 g/mol.